The van der Waals surface area contributed by atoms with Gasteiger partial charge < -0.3 is 15.5 Å². The summed E-state index contributed by atoms with van der Waals surface area (Å²) in [6, 6.07) is 3.80. The topological polar surface area (TPSA) is 60.0 Å². The van der Waals surface area contributed by atoms with Gasteiger partial charge in [-0.15, -0.1) is 24.0 Å². The van der Waals surface area contributed by atoms with Gasteiger partial charge in [0, 0.05) is 51.4 Å². The molecule has 0 aromatic heterocycles. The van der Waals surface area contributed by atoms with Crippen molar-refractivity contribution in [2.24, 2.45) is 4.99 Å². The molecule has 1 aromatic rings. The summed E-state index contributed by atoms with van der Waals surface area (Å²) in [6.07, 6.45) is 2.18. The minimum atomic E-state index is -0.462. The van der Waals surface area contributed by atoms with Crippen molar-refractivity contribution in [2.45, 2.75) is 25.4 Å². The first-order valence-corrected chi connectivity index (χ1v) is 8.96. The molecule has 3 rings (SSSR count). The molecule has 6 nitrogen and oxygen atoms in total. The van der Waals surface area contributed by atoms with Crippen molar-refractivity contribution in [3.8, 4) is 0 Å². The average molecular weight is 493 g/mol. The molecule has 150 valence electrons. The molecule has 2 N–H and O–H groups in total. The molecule has 0 atom stereocenters. The van der Waals surface area contributed by atoms with Crippen molar-refractivity contribution in [3.63, 3.8) is 0 Å². The zero-order chi connectivity index (χ0) is 18.5. The molecule has 0 bridgehead atoms. The van der Waals surface area contributed by atoms with Crippen LogP contribution in [0.25, 0.3) is 0 Å². The van der Waals surface area contributed by atoms with Gasteiger partial charge >= 0.3 is 0 Å². The number of guanidine groups is 1. The molecule has 1 aliphatic heterocycles. The van der Waals surface area contributed by atoms with E-state index in [1.165, 1.54) is 6.07 Å². The Bertz CT molecular complexity index is 676. The summed E-state index contributed by atoms with van der Waals surface area (Å²) in [5.74, 6) is -0.169. The van der Waals surface area contributed by atoms with Crippen LogP contribution in [-0.4, -0.2) is 67.5 Å². The number of carbonyl (C=O) groups excluding carboxylic acids is 1. The highest BCUT2D eigenvalue weighted by Crippen LogP contribution is 2.18. The van der Waals surface area contributed by atoms with Crippen molar-refractivity contribution in [2.75, 3.05) is 39.8 Å². The van der Waals surface area contributed by atoms with E-state index >= 15 is 0 Å². The number of rotatable bonds is 5. The molecular formula is C18H26F2IN5O. The molecule has 2 fully saturated rings. The van der Waals surface area contributed by atoms with Crippen LogP contribution in [-0.2, 0) is 11.3 Å². The van der Waals surface area contributed by atoms with E-state index in [0.717, 1.165) is 51.2 Å². The SMILES string of the molecule is CN=C(NCc1cc(F)ccc1F)N1CCN(CC(=O)NC2CC2)CC1.I. The van der Waals surface area contributed by atoms with Gasteiger partial charge in [0.05, 0.1) is 6.54 Å². The Hall–Kier alpha value is -1.49. The Morgan fingerprint density at radius 2 is 1.93 bits per heavy atom. The summed E-state index contributed by atoms with van der Waals surface area (Å²) in [6.45, 7) is 3.55. The fourth-order valence-corrected chi connectivity index (χ4v) is 3.01. The molecule has 0 spiro atoms. The van der Waals surface area contributed by atoms with E-state index < -0.39 is 11.6 Å². The third-order valence-electron chi connectivity index (χ3n) is 4.64. The maximum atomic E-state index is 13.7. The number of hydrogen-bond donors (Lipinski definition) is 2. The van der Waals surface area contributed by atoms with Crippen LogP contribution in [0.15, 0.2) is 23.2 Å². The zero-order valence-corrected chi connectivity index (χ0v) is 17.7. The molecule has 9 heteroatoms. The fourth-order valence-electron chi connectivity index (χ4n) is 3.01. The zero-order valence-electron chi connectivity index (χ0n) is 15.4. The summed E-state index contributed by atoms with van der Waals surface area (Å²) in [5, 5.41) is 6.08. The second-order valence-corrected chi connectivity index (χ2v) is 6.74. The maximum absolute atomic E-state index is 13.7. The number of halogens is 3. The van der Waals surface area contributed by atoms with Gasteiger partial charge in [0.25, 0.3) is 0 Å². The van der Waals surface area contributed by atoms with Gasteiger partial charge in [-0.05, 0) is 31.0 Å². The number of benzene rings is 1. The first kappa shape index (κ1) is 21.8. The molecule has 1 aliphatic carbocycles. The Morgan fingerprint density at radius 3 is 2.56 bits per heavy atom. The van der Waals surface area contributed by atoms with E-state index in [0.29, 0.717) is 18.5 Å². The van der Waals surface area contributed by atoms with Gasteiger partial charge in [-0.3, -0.25) is 14.7 Å². The Morgan fingerprint density at radius 1 is 1.22 bits per heavy atom. The van der Waals surface area contributed by atoms with Gasteiger partial charge in [-0.2, -0.15) is 0 Å². The highest BCUT2D eigenvalue weighted by atomic mass is 127. The molecule has 2 aliphatic rings. The first-order chi connectivity index (χ1) is 12.5. The number of carbonyl (C=O) groups is 1. The summed E-state index contributed by atoms with van der Waals surface area (Å²) < 4.78 is 27.0. The standard InChI is InChI=1S/C18H25F2N5O.HI/c1-21-18(22-11-13-10-14(19)2-5-16(13)20)25-8-6-24(7-9-25)12-17(26)23-15-3-4-15;/h2,5,10,15H,3-4,6-9,11-12H2,1H3,(H,21,22)(H,23,26);1H. The third kappa shape index (κ3) is 6.56. The predicted molar refractivity (Wildman–Crippen MR) is 111 cm³/mol. The molecule has 1 aromatic carbocycles. The quantitative estimate of drug-likeness (QED) is 0.372. The molecular weight excluding hydrogens is 467 g/mol. The van der Waals surface area contributed by atoms with Crippen molar-refractivity contribution in [1.82, 2.24) is 20.4 Å². The summed E-state index contributed by atoms with van der Waals surface area (Å²) in [4.78, 5) is 20.3. The van der Waals surface area contributed by atoms with E-state index in [9.17, 15) is 13.6 Å². The third-order valence-corrected chi connectivity index (χ3v) is 4.64. The highest BCUT2D eigenvalue weighted by Gasteiger charge is 2.25. The van der Waals surface area contributed by atoms with Gasteiger partial charge in [-0.25, -0.2) is 8.78 Å². The largest absolute Gasteiger partial charge is 0.352 e. The van der Waals surface area contributed by atoms with Crippen LogP contribution >= 0.6 is 24.0 Å². The van der Waals surface area contributed by atoms with E-state index in [4.69, 9.17) is 0 Å². The van der Waals surface area contributed by atoms with Gasteiger partial charge in [0.2, 0.25) is 5.91 Å². The number of piperazine rings is 1. The van der Waals surface area contributed by atoms with Crippen LogP contribution in [0, 0.1) is 11.6 Å². The smallest absolute Gasteiger partial charge is 0.234 e. The van der Waals surface area contributed by atoms with E-state index in [1.54, 1.807) is 7.05 Å². The molecule has 1 amide bonds. The van der Waals surface area contributed by atoms with Crippen LogP contribution in [0.4, 0.5) is 8.78 Å². The summed E-state index contributed by atoms with van der Waals surface area (Å²) in [7, 11) is 1.67. The van der Waals surface area contributed by atoms with Crippen molar-refractivity contribution >= 4 is 35.8 Å². The fraction of sp³-hybridized carbons (Fsp3) is 0.556. The number of hydrogen-bond acceptors (Lipinski definition) is 3. The van der Waals surface area contributed by atoms with E-state index in [2.05, 4.69) is 25.4 Å². The van der Waals surface area contributed by atoms with E-state index in [1.807, 2.05) is 0 Å². The lowest BCUT2D eigenvalue weighted by Gasteiger charge is -2.36. The van der Waals surface area contributed by atoms with Crippen LogP contribution in [0.1, 0.15) is 18.4 Å². The Kier molecular flexibility index (Phi) is 8.21. The summed E-state index contributed by atoms with van der Waals surface area (Å²) >= 11 is 0. The second-order valence-electron chi connectivity index (χ2n) is 6.74. The molecule has 1 saturated heterocycles. The monoisotopic (exact) mass is 493 g/mol. The van der Waals surface area contributed by atoms with Crippen LogP contribution in [0.2, 0.25) is 0 Å². The number of nitrogens with zero attached hydrogens (tertiary/aromatic N) is 3. The highest BCUT2D eigenvalue weighted by molar-refractivity contribution is 14.0. The normalized spacial score (nSPS) is 18.0. The van der Waals surface area contributed by atoms with Crippen molar-refractivity contribution < 1.29 is 13.6 Å². The minimum absolute atomic E-state index is 0. The minimum Gasteiger partial charge on any atom is -0.352 e. The van der Waals surface area contributed by atoms with Crippen LogP contribution < -0.4 is 10.6 Å². The lowest BCUT2D eigenvalue weighted by molar-refractivity contribution is -0.122. The molecule has 27 heavy (non-hydrogen) atoms. The molecule has 0 unspecified atom stereocenters. The van der Waals surface area contributed by atoms with E-state index in [-0.39, 0.29) is 42.0 Å². The average Bonchev–Trinajstić information content (AvgIpc) is 3.43. The van der Waals surface area contributed by atoms with Gasteiger partial charge in [-0.1, -0.05) is 0 Å². The Balaban J connectivity index is 0.00000261. The lowest BCUT2D eigenvalue weighted by Crippen LogP contribution is -2.54. The number of aliphatic imine (C=N–C) groups is 1. The number of nitrogens with one attached hydrogen (secondary N) is 2. The lowest BCUT2D eigenvalue weighted by atomic mass is 10.2. The summed E-state index contributed by atoms with van der Waals surface area (Å²) in [5.41, 5.74) is 0.265. The predicted octanol–water partition coefficient (Wildman–Crippen LogP) is 1.55. The van der Waals surface area contributed by atoms with Crippen LogP contribution in [0.3, 0.4) is 0 Å². The molecule has 1 heterocycles. The van der Waals surface area contributed by atoms with Crippen molar-refractivity contribution in [1.29, 1.82) is 0 Å². The van der Waals surface area contributed by atoms with Gasteiger partial charge in [0.15, 0.2) is 5.96 Å². The molecule has 1 saturated carbocycles. The Labute approximate surface area is 175 Å². The van der Waals surface area contributed by atoms with Crippen molar-refractivity contribution in [3.05, 3.63) is 35.4 Å². The van der Waals surface area contributed by atoms with Crippen LogP contribution in [0.5, 0.6) is 0 Å². The second kappa shape index (κ2) is 10.2. The molecule has 0 radical (unpaired) electrons. The number of amides is 1. The maximum Gasteiger partial charge on any atom is 0.234 e. The first-order valence-electron chi connectivity index (χ1n) is 8.96. The van der Waals surface area contributed by atoms with Gasteiger partial charge in [0.1, 0.15) is 11.6 Å².